The number of nitrogens with one attached hydrogen (secondary N) is 1. The molecule has 184 valence electrons. The molecule has 4 rings (SSSR count). The smallest absolute Gasteiger partial charge is 0.324 e. The minimum Gasteiger partial charge on any atom is -0.333 e. The largest absolute Gasteiger partial charge is 0.333 e. The van der Waals surface area contributed by atoms with Gasteiger partial charge in [0.2, 0.25) is 10.0 Å². The standard InChI is InChI=1S/C26H32F2N2O3S/c1-34(32,33)29-23-14-8-16-30-24(23)18-19-9-7-12-21(17-19)22-13-5-4-11-20(22)10-3-2-6-15-26(27,28)25(30)31/h4-5,7,9,11-13,17,23-24,29H,2-3,6,8,10,14-16,18H2,1H3. The van der Waals surface area contributed by atoms with E-state index >= 15 is 8.78 Å². The minimum atomic E-state index is -3.57. The average molecular weight is 491 g/mol. The van der Waals surface area contributed by atoms with Crippen LogP contribution in [0.15, 0.2) is 48.5 Å². The molecule has 2 aliphatic rings. The lowest BCUT2D eigenvalue weighted by Gasteiger charge is -2.42. The van der Waals surface area contributed by atoms with E-state index in [1.807, 2.05) is 36.4 Å². The van der Waals surface area contributed by atoms with Gasteiger partial charge in [-0.25, -0.2) is 13.1 Å². The number of carbonyl (C=O) groups is 1. The Morgan fingerprint density at radius 3 is 2.62 bits per heavy atom. The van der Waals surface area contributed by atoms with Crippen molar-refractivity contribution in [2.45, 2.75) is 69.4 Å². The number of rotatable bonds is 2. The third kappa shape index (κ3) is 5.84. The Hall–Kier alpha value is -2.32. The summed E-state index contributed by atoms with van der Waals surface area (Å²) in [5.74, 6) is -4.66. The van der Waals surface area contributed by atoms with Gasteiger partial charge in [-0.05, 0) is 60.8 Å². The lowest BCUT2D eigenvalue weighted by molar-refractivity contribution is -0.163. The monoisotopic (exact) mass is 490 g/mol. The average Bonchev–Trinajstić information content (AvgIpc) is 2.78. The lowest BCUT2D eigenvalue weighted by Crippen LogP contribution is -2.60. The van der Waals surface area contributed by atoms with Crippen LogP contribution in [0.2, 0.25) is 0 Å². The summed E-state index contributed by atoms with van der Waals surface area (Å²) < 4.78 is 56.7. The van der Waals surface area contributed by atoms with Gasteiger partial charge < -0.3 is 4.90 Å². The van der Waals surface area contributed by atoms with Gasteiger partial charge in [-0.1, -0.05) is 55.0 Å². The third-order valence-electron chi connectivity index (χ3n) is 6.86. The molecule has 0 radical (unpaired) electrons. The number of halogens is 2. The van der Waals surface area contributed by atoms with Crippen molar-refractivity contribution in [1.29, 1.82) is 0 Å². The Morgan fingerprint density at radius 1 is 1.03 bits per heavy atom. The highest BCUT2D eigenvalue weighted by Gasteiger charge is 2.46. The molecule has 0 aliphatic carbocycles. The summed E-state index contributed by atoms with van der Waals surface area (Å²) in [5.41, 5.74) is 4.21. The number of nitrogens with zero attached hydrogens (tertiary/aromatic N) is 1. The second kappa shape index (κ2) is 10.1. The van der Waals surface area contributed by atoms with E-state index in [0.29, 0.717) is 25.7 Å². The zero-order valence-corrected chi connectivity index (χ0v) is 20.3. The normalized spacial score (nSPS) is 23.9. The highest BCUT2D eigenvalue weighted by molar-refractivity contribution is 7.88. The molecule has 0 aromatic heterocycles. The molecule has 0 saturated carbocycles. The van der Waals surface area contributed by atoms with Crippen molar-refractivity contribution in [3.63, 3.8) is 0 Å². The first-order valence-corrected chi connectivity index (χ1v) is 13.9. The predicted molar refractivity (Wildman–Crippen MR) is 129 cm³/mol. The van der Waals surface area contributed by atoms with Gasteiger partial charge in [0.25, 0.3) is 5.91 Å². The van der Waals surface area contributed by atoms with Crippen molar-refractivity contribution in [3.05, 3.63) is 59.7 Å². The number of sulfonamides is 1. The van der Waals surface area contributed by atoms with Gasteiger partial charge in [0, 0.05) is 19.0 Å². The van der Waals surface area contributed by atoms with Crippen LogP contribution in [0, 0.1) is 0 Å². The molecule has 34 heavy (non-hydrogen) atoms. The number of hydrogen-bond donors (Lipinski definition) is 1. The molecule has 2 atom stereocenters. The molecule has 1 saturated heterocycles. The van der Waals surface area contributed by atoms with E-state index in [4.69, 9.17) is 0 Å². The van der Waals surface area contributed by atoms with Crippen molar-refractivity contribution in [3.8, 4) is 11.1 Å². The second-order valence-corrected chi connectivity index (χ2v) is 11.3. The van der Waals surface area contributed by atoms with Crippen LogP contribution in [0.3, 0.4) is 0 Å². The first kappa shape index (κ1) is 24.8. The molecule has 2 aliphatic heterocycles. The Bertz CT molecular complexity index is 1140. The fourth-order valence-corrected chi connectivity index (χ4v) is 6.08. The van der Waals surface area contributed by atoms with E-state index in [2.05, 4.69) is 16.9 Å². The molecule has 5 nitrogen and oxygen atoms in total. The maximum Gasteiger partial charge on any atom is 0.324 e. The van der Waals surface area contributed by atoms with Crippen LogP contribution in [0.1, 0.15) is 49.7 Å². The van der Waals surface area contributed by atoms with E-state index < -0.39 is 40.4 Å². The molecule has 0 spiro atoms. The SMILES string of the molecule is CS(=O)(=O)NC1CCCN2C(=O)C(F)(F)CCCCCc3ccccc3-c3cccc(c3)CC12. The molecule has 8 heteroatoms. The third-order valence-corrected chi connectivity index (χ3v) is 7.59. The maximum atomic E-state index is 15.0. The highest BCUT2D eigenvalue weighted by Crippen LogP contribution is 2.32. The van der Waals surface area contributed by atoms with Crippen LogP contribution in [0.25, 0.3) is 11.1 Å². The quantitative estimate of drug-likeness (QED) is 0.671. The first-order chi connectivity index (χ1) is 16.1. The van der Waals surface area contributed by atoms with Gasteiger partial charge in [-0.15, -0.1) is 0 Å². The Balaban J connectivity index is 1.76. The van der Waals surface area contributed by atoms with Crippen LogP contribution in [0.4, 0.5) is 8.78 Å². The van der Waals surface area contributed by atoms with E-state index in [-0.39, 0.29) is 13.0 Å². The summed E-state index contributed by atoms with van der Waals surface area (Å²) in [6.07, 6.45) is 4.26. The summed E-state index contributed by atoms with van der Waals surface area (Å²) in [5, 5.41) is 0. The molecule has 2 heterocycles. The van der Waals surface area contributed by atoms with Crippen LogP contribution < -0.4 is 4.72 Å². The number of fused-ring (bicyclic) bond motifs is 5. The Morgan fingerprint density at radius 2 is 1.82 bits per heavy atom. The van der Waals surface area contributed by atoms with Crippen LogP contribution in [-0.2, 0) is 27.7 Å². The van der Waals surface area contributed by atoms with Gasteiger partial charge >= 0.3 is 5.92 Å². The molecule has 2 aromatic rings. The van der Waals surface area contributed by atoms with Crippen molar-refractivity contribution in [2.24, 2.45) is 0 Å². The first-order valence-electron chi connectivity index (χ1n) is 12.0. The van der Waals surface area contributed by atoms with E-state index in [1.165, 1.54) is 10.5 Å². The summed E-state index contributed by atoms with van der Waals surface area (Å²) in [7, 11) is -3.57. The fraction of sp³-hybridized carbons (Fsp3) is 0.500. The number of carbonyl (C=O) groups excluding carboxylic acids is 1. The van der Waals surface area contributed by atoms with E-state index in [1.54, 1.807) is 0 Å². The van der Waals surface area contributed by atoms with Crippen LogP contribution >= 0.6 is 0 Å². The molecule has 1 fully saturated rings. The van der Waals surface area contributed by atoms with Gasteiger partial charge in [0.15, 0.2) is 0 Å². The second-order valence-electron chi connectivity index (χ2n) is 9.53. The molecule has 2 bridgehead atoms. The van der Waals surface area contributed by atoms with Gasteiger partial charge in [0.1, 0.15) is 0 Å². The molecule has 1 N–H and O–H groups in total. The number of piperidine rings is 1. The Labute approximate surface area is 200 Å². The zero-order valence-electron chi connectivity index (χ0n) is 19.5. The van der Waals surface area contributed by atoms with Crippen molar-refractivity contribution in [1.82, 2.24) is 9.62 Å². The topological polar surface area (TPSA) is 66.5 Å². The summed E-state index contributed by atoms with van der Waals surface area (Å²) >= 11 is 0. The van der Waals surface area contributed by atoms with Crippen molar-refractivity contribution in [2.75, 3.05) is 12.8 Å². The van der Waals surface area contributed by atoms with Gasteiger partial charge in [-0.3, -0.25) is 4.79 Å². The van der Waals surface area contributed by atoms with Crippen molar-refractivity contribution < 1.29 is 22.0 Å². The van der Waals surface area contributed by atoms with Crippen LogP contribution in [0.5, 0.6) is 0 Å². The highest BCUT2D eigenvalue weighted by atomic mass is 32.2. The maximum absolute atomic E-state index is 15.0. The lowest BCUT2D eigenvalue weighted by atomic mass is 9.89. The number of benzene rings is 2. The molecular formula is C26H32F2N2O3S. The zero-order chi connectivity index (χ0) is 24.3. The number of alkyl halides is 2. The van der Waals surface area contributed by atoms with Gasteiger partial charge in [-0.2, -0.15) is 8.78 Å². The molecule has 1 amide bonds. The number of aryl methyl sites for hydroxylation is 1. The molecule has 2 aromatic carbocycles. The van der Waals surface area contributed by atoms with E-state index in [9.17, 15) is 13.2 Å². The fourth-order valence-electron chi connectivity index (χ4n) is 5.26. The Kier molecular flexibility index (Phi) is 7.38. The summed E-state index contributed by atoms with van der Waals surface area (Å²) in [6, 6.07) is 14.7. The van der Waals surface area contributed by atoms with Crippen molar-refractivity contribution >= 4 is 15.9 Å². The van der Waals surface area contributed by atoms with Gasteiger partial charge in [0.05, 0.1) is 12.3 Å². The summed E-state index contributed by atoms with van der Waals surface area (Å²) in [6.45, 7) is 0.198. The summed E-state index contributed by atoms with van der Waals surface area (Å²) in [4.78, 5) is 14.3. The molecular weight excluding hydrogens is 458 g/mol. The predicted octanol–water partition coefficient (Wildman–Crippen LogP) is 4.56. The number of amides is 1. The minimum absolute atomic E-state index is 0.198. The number of hydrogen-bond acceptors (Lipinski definition) is 3. The van der Waals surface area contributed by atoms with E-state index in [0.717, 1.165) is 35.8 Å². The van der Waals surface area contributed by atoms with Crippen LogP contribution in [-0.4, -0.2) is 50.0 Å². The molecule has 2 unspecified atom stereocenters.